The molecule has 2 saturated heterocycles. The van der Waals surface area contributed by atoms with E-state index < -0.39 is 0 Å². The summed E-state index contributed by atoms with van der Waals surface area (Å²) in [7, 11) is 0. The van der Waals surface area contributed by atoms with E-state index in [2.05, 4.69) is 31.0 Å². The van der Waals surface area contributed by atoms with Crippen molar-refractivity contribution in [2.24, 2.45) is 5.41 Å². The van der Waals surface area contributed by atoms with Crippen molar-refractivity contribution in [3.8, 4) is 0 Å². The summed E-state index contributed by atoms with van der Waals surface area (Å²) in [5.74, 6) is 0. The Kier molecular flexibility index (Phi) is 4.37. The summed E-state index contributed by atoms with van der Waals surface area (Å²) < 4.78 is 11.8. The van der Waals surface area contributed by atoms with Gasteiger partial charge in [-0.2, -0.15) is 0 Å². The maximum absolute atomic E-state index is 6.02. The topological polar surface area (TPSA) is 33.7 Å². The van der Waals surface area contributed by atoms with E-state index in [1.54, 1.807) is 0 Å². The second-order valence-corrected chi connectivity index (χ2v) is 7.21. The van der Waals surface area contributed by atoms with Crippen molar-refractivity contribution in [3.63, 3.8) is 0 Å². The zero-order valence-electron chi connectivity index (χ0n) is 13.2. The van der Waals surface area contributed by atoms with Crippen LogP contribution in [0, 0.1) is 5.41 Å². The van der Waals surface area contributed by atoms with Crippen molar-refractivity contribution >= 4 is 0 Å². The number of morpholine rings is 1. The summed E-state index contributed by atoms with van der Waals surface area (Å²) >= 11 is 0. The highest BCUT2D eigenvalue weighted by atomic mass is 16.5. The van der Waals surface area contributed by atoms with Gasteiger partial charge in [-0.3, -0.25) is 4.90 Å². The van der Waals surface area contributed by atoms with Crippen LogP contribution in [0.2, 0.25) is 0 Å². The molecule has 4 unspecified atom stereocenters. The summed E-state index contributed by atoms with van der Waals surface area (Å²) in [5.41, 5.74) is 0.251. The van der Waals surface area contributed by atoms with Crippen molar-refractivity contribution < 1.29 is 9.47 Å². The Hall–Kier alpha value is -0.160. The number of fused-ring (bicyclic) bond motifs is 1. The predicted molar refractivity (Wildman–Crippen MR) is 79.9 cm³/mol. The number of rotatable bonds is 5. The smallest absolute Gasteiger partial charge is 0.0827 e. The van der Waals surface area contributed by atoms with Gasteiger partial charge in [0, 0.05) is 37.2 Å². The minimum absolute atomic E-state index is 0.251. The molecule has 0 amide bonds. The monoisotopic (exact) mass is 282 g/mol. The van der Waals surface area contributed by atoms with E-state index >= 15 is 0 Å². The van der Waals surface area contributed by atoms with E-state index in [-0.39, 0.29) is 5.41 Å². The molecule has 3 rings (SSSR count). The van der Waals surface area contributed by atoms with Crippen LogP contribution in [-0.4, -0.2) is 62.0 Å². The molecule has 4 atom stereocenters. The Morgan fingerprint density at radius 2 is 2.25 bits per heavy atom. The van der Waals surface area contributed by atoms with Crippen LogP contribution in [0.3, 0.4) is 0 Å². The van der Waals surface area contributed by atoms with Crippen LogP contribution in [0.1, 0.15) is 40.0 Å². The molecule has 1 saturated carbocycles. The van der Waals surface area contributed by atoms with Crippen LogP contribution in [-0.2, 0) is 9.47 Å². The molecule has 116 valence electrons. The molecule has 0 aromatic carbocycles. The second-order valence-electron chi connectivity index (χ2n) is 7.21. The van der Waals surface area contributed by atoms with E-state index in [4.69, 9.17) is 9.47 Å². The Labute approximate surface area is 123 Å². The van der Waals surface area contributed by atoms with E-state index in [1.165, 1.54) is 19.4 Å². The largest absolute Gasteiger partial charge is 0.378 e. The van der Waals surface area contributed by atoms with E-state index in [9.17, 15) is 0 Å². The summed E-state index contributed by atoms with van der Waals surface area (Å²) in [4.78, 5) is 2.62. The second kappa shape index (κ2) is 5.91. The Balaban J connectivity index is 1.42. The molecule has 2 heterocycles. The lowest BCUT2D eigenvalue weighted by Gasteiger charge is -2.52. The van der Waals surface area contributed by atoms with Gasteiger partial charge in [0.15, 0.2) is 0 Å². The first kappa shape index (κ1) is 14.8. The summed E-state index contributed by atoms with van der Waals surface area (Å²) in [6.07, 6.45) is 4.59. The summed E-state index contributed by atoms with van der Waals surface area (Å²) in [6, 6.07) is 1.27. The zero-order chi connectivity index (χ0) is 14.2. The highest BCUT2D eigenvalue weighted by Gasteiger charge is 2.48. The van der Waals surface area contributed by atoms with Gasteiger partial charge in [-0.05, 0) is 32.7 Å². The third-order valence-electron chi connectivity index (χ3n) is 5.60. The van der Waals surface area contributed by atoms with Crippen LogP contribution in [0.4, 0.5) is 0 Å². The zero-order valence-corrected chi connectivity index (χ0v) is 13.2. The van der Waals surface area contributed by atoms with Crippen molar-refractivity contribution in [1.82, 2.24) is 10.2 Å². The van der Waals surface area contributed by atoms with Crippen molar-refractivity contribution in [1.29, 1.82) is 0 Å². The highest BCUT2D eigenvalue weighted by molar-refractivity contribution is 5.03. The van der Waals surface area contributed by atoms with Crippen molar-refractivity contribution in [3.05, 3.63) is 0 Å². The van der Waals surface area contributed by atoms with Crippen LogP contribution in [0.25, 0.3) is 0 Å². The van der Waals surface area contributed by atoms with Gasteiger partial charge in [0.05, 0.1) is 18.8 Å². The lowest BCUT2D eigenvalue weighted by molar-refractivity contribution is -0.119. The lowest BCUT2D eigenvalue weighted by Crippen LogP contribution is -2.62. The molecule has 0 bridgehead atoms. The highest BCUT2D eigenvalue weighted by Crippen LogP contribution is 2.42. The molecule has 0 aromatic heterocycles. The van der Waals surface area contributed by atoms with Gasteiger partial charge < -0.3 is 14.8 Å². The fourth-order valence-corrected chi connectivity index (χ4v) is 4.00. The minimum Gasteiger partial charge on any atom is -0.378 e. The maximum Gasteiger partial charge on any atom is 0.0827 e. The first-order valence-electron chi connectivity index (χ1n) is 8.32. The van der Waals surface area contributed by atoms with E-state index in [0.29, 0.717) is 24.3 Å². The number of nitrogens with zero attached hydrogens (tertiary/aromatic N) is 1. The number of hydrogen-bond acceptors (Lipinski definition) is 4. The predicted octanol–water partition coefficient (Wildman–Crippen LogP) is 1.64. The lowest BCUT2D eigenvalue weighted by atomic mass is 9.64. The molecule has 0 radical (unpaired) electrons. The fraction of sp³-hybridized carbons (Fsp3) is 1.00. The molecule has 20 heavy (non-hydrogen) atoms. The van der Waals surface area contributed by atoms with Crippen molar-refractivity contribution in [2.75, 3.05) is 32.8 Å². The standard InChI is InChI=1S/C16H30N2O2/c1-4-19-15-8-14(16(15,2)3)17-9-13-10-18-7-5-6-12(18)11-20-13/h12-15,17H,4-11H2,1-3H3. The molecule has 0 aromatic rings. The molecule has 3 aliphatic rings. The molecule has 3 fully saturated rings. The van der Waals surface area contributed by atoms with Gasteiger partial charge in [-0.1, -0.05) is 13.8 Å². The Bertz CT molecular complexity index is 334. The molecule has 1 N–H and O–H groups in total. The third kappa shape index (κ3) is 2.76. The molecule has 4 heteroatoms. The van der Waals surface area contributed by atoms with E-state index in [1.807, 2.05) is 0 Å². The van der Waals surface area contributed by atoms with Gasteiger partial charge in [-0.25, -0.2) is 0 Å². The average Bonchev–Trinajstić information content (AvgIpc) is 2.89. The van der Waals surface area contributed by atoms with Crippen LogP contribution >= 0.6 is 0 Å². The number of ether oxygens (including phenoxy) is 2. The van der Waals surface area contributed by atoms with Gasteiger partial charge in [0.2, 0.25) is 0 Å². The maximum atomic E-state index is 6.02. The average molecular weight is 282 g/mol. The third-order valence-corrected chi connectivity index (χ3v) is 5.60. The van der Waals surface area contributed by atoms with Crippen LogP contribution in [0.15, 0.2) is 0 Å². The van der Waals surface area contributed by atoms with Crippen LogP contribution in [0.5, 0.6) is 0 Å². The van der Waals surface area contributed by atoms with Crippen molar-refractivity contribution in [2.45, 2.75) is 64.3 Å². The summed E-state index contributed by atoms with van der Waals surface area (Å²) in [6.45, 7) is 11.8. The van der Waals surface area contributed by atoms with Gasteiger partial charge in [-0.15, -0.1) is 0 Å². The number of hydrogen-bond donors (Lipinski definition) is 1. The normalized spacial score (nSPS) is 40.4. The van der Waals surface area contributed by atoms with Gasteiger partial charge in [0.25, 0.3) is 0 Å². The summed E-state index contributed by atoms with van der Waals surface area (Å²) in [5, 5.41) is 3.72. The fourth-order valence-electron chi connectivity index (χ4n) is 4.00. The first-order valence-corrected chi connectivity index (χ1v) is 8.32. The SMILES string of the molecule is CCOC1CC(NCC2CN3CCCC3CO2)C1(C)C. The Morgan fingerprint density at radius 3 is 3.00 bits per heavy atom. The van der Waals surface area contributed by atoms with Gasteiger partial charge >= 0.3 is 0 Å². The molecule has 4 nitrogen and oxygen atoms in total. The van der Waals surface area contributed by atoms with Crippen LogP contribution < -0.4 is 5.32 Å². The minimum atomic E-state index is 0.251. The number of nitrogens with one attached hydrogen (secondary N) is 1. The Morgan fingerprint density at radius 1 is 1.40 bits per heavy atom. The molecule has 2 aliphatic heterocycles. The molecule has 0 spiro atoms. The molecule has 1 aliphatic carbocycles. The quantitative estimate of drug-likeness (QED) is 0.831. The van der Waals surface area contributed by atoms with Gasteiger partial charge in [0.1, 0.15) is 0 Å². The first-order chi connectivity index (χ1) is 9.61. The molecular formula is C16H30N2O2. The molecular weight excluding hydrogens is 252 g/mol. The van der Waals surface area contributed by atoms with E-state index in [0.717, 1.165) is 32.7 Å².